The Labute approximate surface area is 139 Å². The SMILES string of the molecule is O=C1C(O)=CC(c2ccc(F)cc2)N1c1ccc(OC(F)(F)F)cc1. The summed E-state index contributed by atoms with van der Waals surface area (Å²) in [5.41, 5.74) is 0.795. The zero-order valence-electron chi connectivity index (χ0n) is 12.5. The van der Waals surface area contributed by atoms with Gasteiger partial charge in [0.05, 0.1) is 6.04 Å². The first-order chi connectivity index (χ1) is 11.7. The molecule has 1 aliphatic heterocycles. The summed E-state index contributed by atoms with van der Waals surface area (Å²) in [6.45, 7) is 0. The lowest BCUT2D eigenvalue weighted by atomic mass is 10.1. The number of nitrogens with zero attached hydrogens (tertiary/aromatic N) is 1. The van der Waals surface area contributed by atoms with Gasteiger partial charge in [0.25, 0.3) is 5.91 Å². The number of benzene rings is 2. The lowest BCUT2D eigenvalue weighted by Gasteiger charge is -2.25. The maximum absolute atomic E-state index is 13.1. The van der Waals surface area contributed by atoms with Crippen molar-refractivity contribution in [3.63, 3.8) is 0 Å². The first-order valence-corrected chi connectivity index (χ1v) is 7.10. The summed E-state index contributed by atoms with van der Waals surface area (Å²) in [7, 11) is 0. The highest BCUT2D eigenvalue weighted by molar-refractivity contribution is 6.07. The van der Waals surface area contributed by atoms with Crippen molar-refractivity contribution in [1.82, 2.24) is 0 Å². The van der Waals surface area contributed by atoms with Gasteiger partial charge in [0.1, 0.15) is 11.6 Å². The van der Waals surface area contributed by atoms with Gasteiger partial charge in [-0.05, 0) is 48.0 Å². The summed E-state index contributed by atoms with van der Waals surface area (Å²) in [5, 5.41) is 9.75. The van der Waals surface area contributed by atoms with E-state index in [4.69, 9.17) is 0 Å². The summed E-state index contributed by atoms with van der Waals surface area (Å²) in [5.74, 6) is -2.09. The minimum Gasteiger partial charge on any atom is -0.503 e. The highest BCUT2D eigenvalue weighted by atomic mass is 19.4. The van der Waals surface area contributed by atoms with E-state index in [1.54, 1.807) is 0 Å². The third-order valence-electron chi connectivity index (χ3n) is 3.59. The van der Waals surface area contributed by atoms with Gasteiger partial charge < -0.3 is 9.84 Å². The molecule has 3 rings (SSSR count). The molecule has 0 aromatic heterocycles. The number of aliphatic hydroxyl groups excluding tert-OH is 1. The van der Waals surface area contributed by atoms with Crippen LogP contribution in [0.5, 0.6) is 5.75 Å². The van der Waals surface area contributed by atoms with Crippen LogP contribution in [0.4, 0.5) is 23.2 Å². The number of halogens is 4. The molecule has 0 radical (unpaired) electrons. The van der Waals surface area contributed by atoms with Crippen molar-refractivity contribution in [2.24, 2.45) is 0 Å². The number of ether oxygens (including phenoxy) is 1. The highest BCUT2D eigenvalue weighted by Crippen LogP contribution is 2.36. The molecule has 0 saturated heterocycles. The van der Waals surface area contributed by atoms with Crippen LogP contribution in [-0.2, 0) is 4.79 Å². The molecule has 25 heavy (non-hydrogen) atoms. The third-order valence-corrected chi connectivity index (χ3v) is 3.59. The summed E-state index contributed by atoms with van der Waals surface area (Å²) >= 11 is 0. The lowest BCUT2D eigenvalue weighted by Crippen LogP contribution is -2.29. The first kappa shape index (κ1) is 16.8. The van der Waals surface area contributed by atoms with E-state index in [2.05, 4.69) is 4.74 Å². The van der Waals surface area contributed by atoms with E-state index in [1.807, 2.05) is 0 Å². The fraction of sp³-hybridized carbons (Fsp3) is 0.118. The Morgan fingerprint density at radius 2 is 1.60 bits per heavy atom. The Bertz CT molecular complexity index is 813. The largest absolute Gasteiger partial charge is 0.573 e. The predicted octanol–water partition coefficient (Wildman–Crippen LogP) is 4.25. The molecule has 1 N–H and O–H groups in total. The Kier molecular flexibility index (Phi) is 4.12. The van der Waals surface area contributed by atoms with Gasteiger partial charge in [0, 0.05) is 5.69 Å². The summed E-state index contributed by atoms with van der Waals surface area (Å²) in [4.78, 5) is 13.4. The van der Waals surface area contributed by atoms with Crippen LogP contribution in [0.3, 0.4) is 0 Å². The number of carbonyl (C=O) groups excluding carboxylic acids is 1. The quantitative estimate of drug-likeness (QED) is 0.839. The normalized spacial score (nSPS) is 17.6. The van der Waals surface area contributed by atoms with Crippen LogP contribution in [0.15, 0.2) is 60.4 Å². The van der Waals surface area contributed by atoms with Crippen molar-refractivity contribution >= 4 is 11.6 Å². The lowest BCUT2D eigenvalue weighted by molar-refractivity contribution is -0.274. The molecule has 1 atom stereocenters. The van der Waals surface area contributed by atoms with Gasteiger partial charge in [-0.3, -0.25) is 9.69 Å². The van der Waals surface area contributed by atoms with E-state index in [9.17, 15) is 27.5 Å². The van der Waals surface area contributed by atoms with Crippen LogP contribution in [-0.4, -0.2) is 17.4 Å². The second-order valence-corrected chi connectivity index (χ2v) is 5.27. The zero-order chi connectivity index (χ0) is 18.2. The summed E-state index contributed by atoms with van der Waals surface area (Å²) in [6, 6.07) is 9.28. The van der Waals surface area contributed by atoms with Crippen molar-refractivity contribution in [2.75, 3.05) is 4.90 Å². The average Bonchev–Trinajstić information content (AvgIpc) is 2.83. The fourth-order valence-electron chi connectivity index (χ4n) is 2.54. The van der Waals surface area contributed by atoms with Crippen molar-refractivity contribution in [1.29, 1.82) is 0 Å². The Hall–Kier alpha value is -3.03. The van der Waals surface area contributed by atoms with Crippen LogP contribution < -0.4 is 9.64 Å². The summed E-state index contributed by atoms with van der Waals surface area (Å²) < 4.78 is 53.5. The molecule has 0 saturated carbocycles. The van der Waals surface area contributed by atoms with Crippen molar-refractivity contribution in [3.8, 4) is 5.75 Å². The number of aliphatic hydroxyl groups is 1. The number of hydrogen-bond donors (Lipinski definition) is 1. The molecule has 2 aromatic carbocycles. The molecular weight excluding hydrogens is 342 g/mol. The second kappa shape index (κ2) is 6.12. The molecule has 0 fully saturated rings. The fourth-order valence-corrected chi connectivity index (χ4v) is 2.54. The number of amides is 1. The number of alkyl halides is 3. The first-order valence-electron chi connectivity index (χ1n) is 7.10. The molecular formula is C17H11F4NO3. The van der Waals surface area contributed by atoms with Crippen molar-refractivity contribution < 1.29 is 32.2 Å². The number of carbonyl (C=O) groups is 1. The minimum atomic E-state index is -4.82. The van der Waals surface area contributed by atoms with Crippen LogP contribution in [0.2, 0.25) is 0 Å². The molecule has 1 amide bonds. The van der Waals surface area contributed by atoms with E-state index in [-0.39, 0.29) is 5.69 Å². The van der Waals surface area contributed by atoms with E-state index < -0.39 is 35.6 Å². The third kappa shape index (κ3) is 3.57. The van der Waals surface area contributed by atoms with Gasteiger partial charge >= 0.3 is 6.36 Å². The maximum atomic E-state index is 13.1. The summed E-state index contributed by atoms with van der Waals surface area (Å²) in [6.07, 6.45) is -3.53. The smallest absolute Gasteiger partial charge is 0.503 e. The van der Waals surface area contributed by atoms with Gasteiger partial charge in [0.2, 0.25) is 0 Å². The van der Waals surface area contributed by atoms with Gasteiger partial charge in [-0.2, -0.15) is 0 Å². The van der Waals surface area contributed by atoms with E-state index >= 15 is 0 Å². The standard InChI is InChI=1S/C17H11F4NO3/c18-11-3-1-10(2-4-11)14-9-15(23)16(24)22(14)12-5-7-13(8-6-12)25-17(19,20)21/h1-9,14,23H. The molecule has 130 valence electrons. The van der Waals surface area contributed by atoms with E-state index in [1.165, 1.54) is 47.4 Å². The van der Waals surface area contributed by atoms with Crippen LogP contribution in [0.25, 0.3) is 0 Å². The molecule has 8 heteroatoms. The minimum absolute atomic E-state index is 0.258. The van der Waals surface area contributed by atoms with E-state index in [0.717, 1.165) is 12.1 Å². The van der Waals surface area contributed by atoms with Crippen LogP contribution >= 0.6 is 0 Å². The number of rotatable bonds is 3. The van der Waals surface area contributed by atoms with Crippen molar-refractivity contribution in [3.05, 3.63) is 71.7 Å². The average molecular weight is 353 g/mol. The van der Waals surface area contributed by atoms with Gasteiger partial charge in [-0.1, -0.05) is 12.1 Å². The Morgan fingerprint density at radius 1 is 1.00 bits per heavy atom. The zero-order valence-corrected chi connectivity index (χ0v) is 12.5. The monoisotopic (exact) mass is 353 g/mol. The molecule has 1 unspecified atom stereocenters. The van der Waals surface area contributed by atoms with Crippen molar-refractivity contribution in [2.45, 2.75) is 12.4 Å². The molecule has 0 spiro atoms. The van der Waals surface area contributed by atoms with Gasteiger partial charge in [-0.15, -0.1) is 13.2 Å². The second-order valence-electron chi connectivity index (χ2n) is 5.27. The molecule has 1 aliphatic rings. The van der Waals surface area contributed by atoms with Crippen LogP contribution in [0, 0.1) is 5.82 Å². The Morgan fingerprint density at radius 3 is 2.16 bits per heavy atom. The molecule has 4 nitrogen and oxygen atoms in total. The van der Waals surface area contributed by atoms with Crippen LogP contribution in [0.1, 0.15) is 11.6 Å². The topological polar surface area (TPSA) is 49.8 Å². The highest BCUT2D eigenvalue weighted by Gasteiger charge is 2.35. The van der Waals surface area contributed by atoms with Gasteiger partial charge in [-0.25, -0.2) is 4.39 Å². The predicted molar refractivity (Wildman–Crippen MR) is 80.5 cm³/mol. The Balaban J connectivity index is 1.91. The number of anilines is 1. The van der Waals surface area contributed by atoms with E-state index in [0.29, 0.717) is 5.56 Å². The molecule has 2 aromatic rings. The molecule has 0 bridgehead atoms. The van der Waals surface area contributed by atoms with Gasteiger partial charge in [0.15, 0.2) is 5.76 Å². The molecule has 1 heterocycles. The number of hydrogen-bond acceptors (Lipinski definition) is 3. The maximum Gasteiger partial charge on any atom is 0.573 e. The molecule has 0 aliphatic carbocycles.